The van der Waals surface area contributed by atoms with E-state index in [0.717, 1.165) is 23.5 Å². The van der Waals surface area contributed by atoms with E-state index in [1.54, 1.807) is 10.6 Å². The summed E-state index contributed by atoms with van der Waals surface area (Å²) in [4.78, 5) is 4.31. The fourth-order valence-corrected chi connectivity index (χ4v) is 1.56. The van der Waals surface area contributed by atoms with E-state index in [0.29, 0.717) is 11.7 Å². The molecule has 0 aliphatic carbocycles. The largest absolute Gasteiger partial charge is 0.325 e. The third kappa shape index (κ3) is 1.47. The van der Waals surface area contributed by atoms with Crippen molar-refractivity contribution in [3.63, 3.8) is 0 Å². The number of fused-ring (bicyclic) bond motifs is 1. The molecule has 74 valence electrons. The van der Waals surface area contributed by atoms with Crippen LogP contribution in [0.3, 0.4) is 0 Å². The number of rotatable bonds is 2. The van der Waals surface area contributed by atoms with Crippen molar-refractivity contribution in [2.45, 2.75) is 19.9 Å². The Labute approximate surface area is 86.7 Å². The highest BCUT2D eigenvalue weighted by atomic mass is 35.5. The normalized spacial score (nSPS) is 11.1. The highest BCUT2D eigenvalue weighted by molar-refractivity contribution is 6.29. The lowest BCUT2D eigenvalue weighted by Gasteiger charge is -1.99. The molecule has 0 atom stereocenters. The van der Waals surface area contributed by atoms with E-state index in [1.807, 2.05) is 13.0 Å². The predicted octanol–water partition coefficient (Wildman–Crippen LogP) is 1.40. The van der Waals surface area contributed by atoms with Gasteiger partial charge in [0.2, 0.25) is 0 Å². The van der Waals surface area contributed by atoms with Gasteiger partial charge in [0.15, 0.2) is 5.65 Å². The van der Waals surface area contributed by atoms with Crippen LogP contribution in [0.5, 0.6) is 0 Å². The minimum absolute atomic E-state index is 0.392. The molecule has 2 N–H and O–H groups in total. The maximum atomic E-state index is 6.02. The SMILES string of the molecule is CCc1cc2nc(CN)cc(Cl)n2n1. The van der Waals surface area contributed by atoms with Crippen molar-refractivity contribution in [3.8, 4) is 0 Å². The second-order valence-electron chi connectivity index (χ2n) is 3.03. The lowest BCUT2D eigenvalue weighted by Crippen LogP contribution is -2.02. The highest BCUT2D eigenvalue weighted by Crippen LogP contribution is 2.14. The number of aryl methyl sites for hydroxylation is 1. The zero-order chi connectivity index (χ0) is 10.1. The van der Waals surface area contributed by atoms with Crippen molar-refractivity contribution < 1.29 is 0 Å². The Hall–Kier alpha value is -1.13. The predicted molar refractivity (Wildman–Crippen MR) is 55.3 cm³/mol. The standard InChI is InChI=1S/C9H11ClN4/c1-2-6-4-9-12-7(5-11)3-8(10)14(9)13-6/h3-4H,2,5,11H2,1H3. The summed E-state index contributed by atoms with van der Waals surface area (Å²) in [5.74, 6) is 0. The van der Waals surface area contributed by atoms with E-state index >= 15 is 0 Å². The molecule has 0 amide bonds. The van der Waals surface area contributed by atoms with Gasteiger partial charge in [0.05, 0.1) is 11.4 Å². The van der Waals surface area contributed by atoms with Crippen LogP contribution >= 0.6 is 11.6 Å². The van der Waals surface area contributed by atoms with Crippen LogP contribution in [0.15, 0.2) is 12.1 Å². The number of halogens is 1. The molecule has 14 heavy (non-hydrogen) atoms. The summed E-state index contributed by atoms with van der Waals surface area (Å²) in [5, 5.41) is 4.84. The van der Waals surface area contributed by atoms with Gasteiger partial charge in [-0.3, -0.25) is 0 Å². The Morgan fingerprint density at radius 3 is 2.86 bits per heavy atom. The van der Waals surface area contributed by atoms with E-state index in [4.69, 9.17) is 17.3 Å². The zero-order valence-electron chi connectivity index (χ0n) is 7.87. The molecule has 2 aromatic rings. The van der Waals surface area contributed by atoms with Gasteiger partial charge in [0.25, 0.3) is 0 Å². The Morgan fingerprint density at radius 1 is 1.43 bits per heavy atom. The van der Waals surface area contributed by atoms with E-state index in [-0.39, 0.29) is 0 Å². The molecule has 4 nitrogen and oxygen atoms in total. The molecule has 0 saturated heterocycles. The van der Waals surface area contributed by atoms with Crippen LogP contribution in [0, 0.1) is 0 Å². The van der Waals surface area contributed by atoms with Gasteiger partial charge in [-0.15, -0.1) is 0 Å². The molecule has 0 radical (unpaired) electrons. The summed E-state index contributed by atoms with van der Waals surface area (Å²) >= 11 is 6.02. The fraction of sp³-hybridized carbons (Fsp3) is 0.333. The second kappa shape index (κ2) is 3.55. The molecular weight excluding hydrogens is 200 g/mol. The molecule has 5 heteroatoms. The number of nitrogens with zero attached hydrogens (tertiary/aromatic N) is 3. The third-order valence-electron chi connectivity index (χ3n) is 2.06. The third-order valence-corrected chi connectivity index (χ3v) is 2.33. The van der Waals surface area contributed by atoms with E-state index in [9.17, 15) is 0 Å². The molecule has 0 fully saturated rings. The summed E-state index contributed by atoms with van der Waals surface area (Å²) in [5.41, 5.74) is 8.02. The van der Waals surface area contributed by atoms with E-state index in [1.165, 1.54) is 0 Å². The Morgan fingerprint density at radius 2 is 2.21 bits per heavy atom. The highest BCUT2D eigenvalue weighted by Gasteiger charge is 2.06. The first-order chi connectivity index (χ1) is 6.74. The van der Waals surface area contributed by atoms with Crippen LogP contribution in [0.2, 0.25) is 5.15 Å². The van der Waals surface area contributed by atoms with Crippen LogP contribution in [0.4, 0.5) is 0 Å². The van der Waals surface area contributed by atoms with Gasteiger partial charge in [0, 0.05) is 12.6 Å². The number of hydrogen-bond acceptors (Lipinski definition) is 3. The fourth-order valence-electron chi connectivity index (χ4n) is 1.31. The molecule has 2 aromatic heterocycles. The number of aromatic nitrogens is 3. The lowest BCUT2D eigenvalue weighted by molar-refractivity contribution is 0.870. The van der Waals surface area contributed by atoms with Crippen LogP contribution in [0.25, 0.3) is 5.65 Å². The summed E-state index contributed by atoms with van der Waals surface area (Å²) in [6.45, 7) is 2.43. The summed E-state index contributed by atoms with van der Waals surface area (Å²) in [6.07, 6.45) is 0.873. The van der Waals surface area contributed by atoms with Crippen molar-refractivity contribution in [2.24, 2.45) is 5.73 Å². The molecule has 0 aliphatic heterocycles. The summed E-state index contributed by atoms with van der Waals surface area (Å²) in [6, 6.07) is 3.66. The van der Waals surface area contributed by atoms with Crippen molar-refractivity contribution in [3.05, 3.63) is 28.7 Å². The van der Waals surface area contributed by atoms with Crippen molar-refractivity contribution in [1.82, 2.24) is 14.6 Å². The van der Waals surface area contributed by atoms with Gasteiger partial charge in [-0.25, -0.2) is 9.50 Å². The van der Waals surface area contributed by atoms with Crippen molar-refractivity contribution in [1.29, 1.82) is 0 Å². The molecule has 0 aliphatic rings. The molecule has 0 bridgehead atoms. The summed E-state index contributed by atoms with van der Waals surface area (Å²) in [7, 11) is 0. The first-order valence-corrected chi connectivity index (χ1v) is 4.86. The smallest absolute Gasteiger partial charge is 0.157 e. The van der Waals surface area contributed by atoms with Gasteiger partial charge < -0.3 is 5.73 Å². The quantitative estimate of drug-likeness (QED) is 0.763. The van der Waals surface area contributed by atoms with Gasteiger partial charge in [0.1, 0.15) is 5.15 Å². The topological polar surface area (TPSA) is 56.2 Å². The van der Waals surface area contributed by atoms with E-state index < -0.39 is 0 Å². The molecule has 0 unspecified atom stereocenters. The zero-order valence-corrected chi connectivity index (χ0v) is 8.62. The first-order valence-electron chi connectivity index (χ1n) is 4.48. The van der Waals surface area contributed by atoms with E-state index in [2.05, 4.69) is 10.1 Å². The maximum Gasteiger partial charge on any atom is 0.157 e. The van der Waals surface area contributed by atoms with Crippen molar-refractivity contribution >= 4 is 17.2 Å². The monoisotopic (exact) mass is 210 g/mol. The number of nitrogens with two attached hydrogens (primary N) is 1. The van der Waals surface area contributed by atoms with Crippen LogP contribution in [0.1, 0.15) is 18.3 Å². The molecule has 0 aromatic carbocycles. The molecule has 2 heterocycles. The maximum absolute atomic E-state index is 6.02. The molecular formula is C9H11ClN4. The average Bonchev–Trinajstić information content (AvgIpc) is 2.61. The minimum Gasteiger partial charge on any atom is -0.325 e. The Balaban J connectivity index is 2.67. The molecule has 0 saturated carbocycles. The van der Waals surface area contributed by atoms with Crippen LogP contribution < -0.4 is 5.73 Å². The van der Waals surface area contributed by atoms with Gasteiger partial charge in [-0.1, -0.05) is 18.5 Å². The van der Waals surface area contributed by atoms with Gasteiger partial charge >= 0.3 is 0 Å². The average molecular weight is 211 g/mol. The minimum atomic E-state index is 0.392. The van der Waals surface area contributed by atoms with Gasteiger partial charge in [-0.2, -0.15) is 5.10 Å². The van der Waals surface area contributed by atoms with Crippen molar-refractivity contribution in [2.75, 3.05) is 0 Å². The Kier molecular flexibility index (Phi) is 2.39. The lowest BCUT2D eigenvalue weighted by atomic mass is 10.3. The number of hydrogen-bond donors (Lipinski definition) is 1. The second-order valence-corrected chi connectivity index (χ2v) is 3.42. The van der Waals surface area contributed by atoms with Crippen LogP contribution in [-0.4, -0.2) is 14.6 Å². The van der Waals surface area contributed by atoms with Gasteiger partial charge in [-0.05, 0) is 12.5 Å². The first kappa shape index (κ1) is 9.43. The molecule has 0 spiro atoms. The summed E-state index contributed by atoms with van der Waals surface area (Å²) < 4.78 is 1.62. The Bertz CT molecular complexity index is 463. The molecule has 2 rings (SSSR count). The van der Waals surface area contributed by atoms with Crippen LogP contribution in [-0.2, 0) is 13.0 Å².